The molecule has 0 aliphatic carbocycles. The molecule has 126 valence electrons. The monoisotopic (exact) mass is 319 g/mol. The highest BCUT2D eigenvalue weighted by molar-refractivity contribution is 5.84. The predicted octanol–water partition coefficient (Wildman–Crippen LogP) is 1.62. The molecule has 1 aromatic carbocycles. The van der Waals surface area contributed by atoms with Crippen LogP contribution in [0.15, 0.2) is 24.3 Å². The van der Waals surface area contributed by atoms with Crippen molar-refractivity contribution in [2.24, 2.45) is 0 Å². The molecular formula is C17H25N3O3. The van der Waals surface area contributed by atoms with E-state index in [0.717, 1.165) is 31.6 Å². The minimum Gasteiger partial charge on any atom is -0.493 e. The van der Waals surface area contributed by atoms with Gasteiger partial charge in [0.2, 0.25) is 11.8 Å². The summed E-state index contributed by atoms with van der Waals surface area (Å²) in [5, 5.41) is 5.77. The van der Waals surface area contributed by atoms with Crippen molar-refractivity contribution in [3.05, 3.63) is 24.3 Å². The molecule has 1 aromatic rings. The first-order chi connectivity index (χ1) is 11.1. The Morgan fingerprint density at radius 2 is 1.87 bits per heavy atom. The number of hydrogen-bond donors (Lipinski definition) is 2. The third kappa shape index (κ3) is 5.16. The molecular weight excluding hydrogens is 294 g/mol. The Kier molecular flexibility index (Phi) is 6.26. The first-order valence-electron chi connectivity index (χ1n) is 8.09. The standard InChI is InChI=1S/C17H25N3O3/c1-13(17(22)20-10-3-4-11-20)19-14-5-7-15(8-6-14)23-12-9-16(21)18-2/h5-8,13,19H,3-4,9-12H2,1-2H3,(H,18,21). The summed E-state index contributed by atoms with van der Waals surface area (Å²) in [5.74, 6) is 0.809. The third-order valence-electron chi connectivity index (χ3n) is 3.90. The zero-order chi connectivity index (χ0) is 16.7. The van der Waals surface area contributed by atoms with E-state index in [2.05, 4.69) is 10.6 Å². The zero-order valence-electron chi connectivity index (χ0n) is 13.8. The maximum absolute atomic E-state index is 12.3. The van der Waals surface area contributed by atoms with Crippen molar-refractivity contribution in [2.75, 3.05) is 32.1 Å². The summed E-state index contributed by atoms with van der Waals surface area (Å²) in [7, 11) is 1.60. The van der Waals surface area contributed by atoms with E-state index in [9.17, 15) is 9.59 Å². The quantitative estimate of drug-likeness (QED) is 0.801. The van der Waals surface area contributed by atoms with E-state index < -0.39 is 0 Å². The number of hydrogen-bond acceptors (Lipinski definition) is 4. The molecule has 23 heavy (non-hydrogen) atoms. The molecule has 1 atom stereocenters. The number of likely N-dealkylation sites (tertiary alicyclic amines) is 1. The molecule has 1 heterocycles. The summed E-state index contributed by atoms with van der Waals surface area (Å²) < 4.78 is 5.50. The molecule has 1 aliphatic rings. The lowest BCUT2D eigenvalue weighted by molar-refractivity contribution is -0.130. The molecule has 0 bridgehead atoms. The number of anilines is 1. The fraction of sp³-hybridized carbons (Fsp3) is 0.529. The van der Waals surface area contributed by atoms with E-state index in [1.165, 1.54) is 0 Å². The molecule has 2 rings (SSSR count). The first-order valence-corrected chi connectivity index (χ1v) is 8.09. The van der Waals surface area contributed by atoms with Gasteiger partial charge in [0.25, 0.3) is 0 Å². The number of carbonyl (C=O) groups excluding carboxylic acids is 2. The molecule has 0 spiro atoms. The topological polar surface area (TPSA) is 70.7 Å². The number of nitrogens with zero attached hydrogens (tertiary/aromatic N) is 1. The normalized spacial score (nSPS) is 15.1. The number of rotatable bonds is 7. The van der Waals surface area contributed by atoms with Gasteiger partial charge < -0.3 is 20.3 Å². The Balaban J connectivity index is 1.79. The van der Waals surface area contributed by atoms with Crippen molar-refractivity contribution in [2.45, 2.75) is 32.2 Å². The second-order valence-electron chi connectivity index (χ2n) is 5.69. The lowest BCUT2D eigenvalue weighted by atomic mass is 10.2. The van der Waals surface area contributed by atoms with E-state index in [4.69, 9.17) is 4.74 Å². The van der Waals surface area contributed by atoms with Gasteiger partial charge in [0.1, 0.15) is 11.8 Å². The van der Waals surface area contributed by atoms with Gasteiger partial charge in [-0.25, -0.2) is 0 Å². The molecule has 0 saturated carbocycles. The Bertz CT molecular complexity index is 524. The number of amides is 2. The summed E-state index contributed by atoms with van der Waals surface area (Å²) in [4.78, 5) is 25.3. The molecule has 1 fully saturated rings. The average Bonchev–Trinajstić information content (AvgIpc) is 3.10. The van der Waals surface area contributed by atoms with Crippen LogP contribution < -0.4 is 15.4 Å². The number of benzene rings is 1. The molecule has 1 saturated heterocycles. The van der Waals surface area contributed by atoms with Crippen molar-refractivity contribution < 1.29 is 14.3 Å². The van der Waals surface area contributed by atoms with Gasteiger partial charge in [-0.1, -0.05) is 0 Å². The Morgan fingerprint density at radius 1 is 1.22 bits per heavy atom. The van der Waals surface area contributed by atoms with Crippen LogP contribution in [0, 0.1) is 0 Å². The maximum Gasteiger partial charge on any atom is 0.244 e. The molecule has 1 unspecified atom stereocenters. The Hall–Kier alpha value is -2.24. The SMILES string of the molecule is CNC(=O)CCOc1ccc(NC(C)C(=O)N2CCCC2)cc1. The van der Waals surface area contributed by atoms with Crippen LogP contribution in [0.1, 0.15) is 26.2 Å². The van der Waals surface area contributed by atoms with Gasteiger partial charge in [0, 0.05) is 25.8 Å². The minimum atomic E-state index is -0.242. The molecule has 0 aromatic heterocycles. The van der Waals surface area contributed by atoms with E-state index in [-0.39, 0.29) is 17.9 Å². The third-order valence-corrected chi connectivity index (χ3v) is 3.90. The summed E-state index contributed by atoms with van der Waals surface area (Å²) in [6.07, 6.45) is 2.53. The van der Waals surface area contributed by atoms with Gasteiger partial charge in [-0.15, -0.1) is 0 Å². The second kappa shape index (κ2) is 8.41. The van der Waals surface area contributed by atoms with Crippen molar-refractivity contribution in [1.29, 1.82) is 0 Å². The smallest absolute Gasteiger partial charge is 0.244 e. The van der Waals surface area contributed by atoms with Crippen LogP contribution in [0.25, 0.3) is 0 Å². The summed E-state index contributed by atoms with van der Waals surface area (Å²) in [6, 6.07) is 7.18. The van der Waals surface area contributed by atoms with Crippen LogP contribution in [-0.4, -0.2) is 49.5 Å². The highest BCUT2D eigenvalue weighted by Crippen LogP contribution is 2.18. The van der Waals surface area contributed by atoms with Gasteiger partial charge in [0.15, 0.2) is 0 Å². The van der Waals surface area contributed by atoms with Crippen LogP contribution in [0.5, 0.6) is 5.75 Å². The summed E-state index contributed by atoms with van der Waals surface area (Å²) >= 11 is 0. The Labute approximate surface area is 137 Å². The number of ether oxygens (including phenoxy) is 1. The van der Waals surface area contributed by atoms with Gasteiger partial charge >= 0.3 is 0 Å². The first kappa shape index (κ1) is 17.1. The van der Waals surface area contributed by atoms with Crippen LogP contribution in [0.2, 0.25) is 0 Å². The van der Waals surface area contributed by atoms with Gasteiger partial charge in [0.05, 0.1) is 13.0 Å². The molecule has 2 amide bonds. The lowest BCUT2D eigenvalue weighted by Gasteiger charge is -2.22. The zero-order valence-corrected chi connectivity index (χ0v) is 13.8. The fourth-order valence-corrected chi connectivity index (χ4v) is 2.56. The van der Waals surface area contributed by atoms with Crippen LogP contribution in [0.4, 0.5) is 5.69 Å². The summed E-state index contributed by atoms with van der Waals surface area (Å²) in [5.41, 5.74) is 0.878. The highest BCUT2D eigenvalue weighted by atomic mass is 16.5. The van der Waals surface area contributed by atoms with Crippen LogP contribution in [0.3, 0.4) is 0 Å². The number of nitrogens with one attached hydrogen (secondary N) is 2. The predicted molar refractivity (Wildman–Crippen MR) is 89.5 cm³/mol. The molecule has 1 aliphatic heterocycles. The molecule has 6 heteroatoms. The van der Waals surface area contributed by atoms with Crippen molar-refractivity contribution >= 4 is 17.5 Å². The van der Waals surface area contributed by atoms with Gasteiger partial charge in [-0.05, 0) is 44.0 Å². The van der Waals surface area contributed by atoms with Crippen molar-refractivity contribution in [1.82, 2.24) is 10.2 Å². The number of carbonyl (C=O) groups is 2. The van der Waals surface area contributed by atoms with E-state index in [0.29, 0.717) is 18.8 Å². The fourth-order valence-electron chi connectivity index (χ4n) is 2.56. The second-order valence-corrected chi connectivity index (χ2v) is 5.69. The van der Waals surface area contributed by atoms with Gasteiger partial charge in [-0.3, -0.25) is 9.59 Å². The van der Waals surface area contributed by atoms with Crippen molar-refractivity contribution in [3.8, 4) is 5.75 Å². The molecule has 0 radical (unpaired) electrons. The maximum atomic E-state index is 12.3. The van der Waals surface area contributed by atoms with Crippen LogP contribution in [-0.2, 0) is 9.59 Å². The molecule has 2 N–H and O–H groups in total. The Morgan fingerprint density at radius 3 is 2.48 bits per heavy atom. The van der Waals surface area contributed by atoms with E-state index in [1.807, 2.05) is 36.1 Å². The highest BCUT2D eigenvalue weighted by Gasteiger charge is 2.22. The average molecular weight is 319 g/mol. The van der Waals surface area contributed by atoms with Gasteiger partial charge in [-0.2, -0.15) is 0 Å². The van der Waals surface area contributed by atoms with Crippen LogP contribution >= 0.6 is 0 Å². The van der Waals surface area contributed by atoms with Crippen molar-refractivity contribution in [3.63, 3.8) is 0 Å². The van der Waals surface area contributed by atoms with E-state index in [1.54, 1.807) is 7.05 Å². The summed E-state index contributed by atoms with van der Waals surface area (Å²) in [6.45, 7) is 3.96. The van der Waals surface area contributed by atoms with E-state index >= 15 is 0 Å². The minimum absolute atomic E-state index is 0.0439. The lowest BCUT2D eigenvalue weighted by Crippen LogP contribution is -2.39. The largest absolute Gasteiger partial charge is 0.493 e. The molecule has 6 nitrogen and oxygen atoms in total.